The van der Waals surface area contributed by atoms with Gasteiger partial charge in [-0.05, 0) is 43.7 Å². The van der Waals surface area contributed by atoms with Crippen LogP contribution in [0, 0.1) is 11.7 Å². The summed E-state index contributed by atoms with van der Waals surface area (Å²) in [5, 5.41) is 2.74. The van der Waals surface area contributed by atoms with E-state index >= 15 is 0 Å². The smallest absolute Gasteiger partial charge is 0.250 e. The number of aromatic nitrogens is 1. The zero-order valence-corrected chi connectivity index (χ0v) is 15.0. The van der Waals surface area contributed by atoms with Crippen LogP contribution in [0.15, 0.2) is 18.3 Å². The van der Waals surface area contributed by atoms with E-state index < -0.39 is 5.82 Å². The Morgan fingerprint density at radius 2 is 2.08 bits per heavy atom. The number of likely N-dealkylation sites (tertiary alicyclic amines) is 1. The molecule has 2 heterocycles. The first kappa shape index (κ1) is 18.6. The number of hydrogen-bond acceptors (Lipinski definition) is 4. The number of ether oxygens (including phenoxy) is 1. The second kappa shape index (κ2) is 8.96. The van der Waals surface area contributed by atoms with Gasteiger partial charge in [-0.15, -0.1) is 0 Å². The van der Waals surface area contributed by atoms with E-state index in [9.17, 15) is 14.0 Å². The summed E-state index contributed by atoms with van der Waals surface area (Å²) < 4.78 is 19.3. The topological polar surface area (TPSA) is 71.5 Å². The molecular weight excluding hydrogens is 337 g/mol. The van der Waals surface area contributed by atoms with Crippen molar-refractivity contribution in [3.63, 3.8) is 0 Å². The standard InChI is InChI=1S/C19H26FN3O3/c20-16-8-3-9-21-19(16)26-15-7-4-10-23(13-15)18(25)12-22-17(24)11-14-5-1-2-6-14/h3,8-9,14-15H,1-2,4-7,10-13H2,(H,22,24). The molecule has 1 unspecified atom stereocenters. The fourth-order valence-corrected chi connectivity index (χ4v) is 3.71. The molecule has 1 aromatic rings. The highest BCUT2D eigenvalue weighted by molar-refractivity contribution is 5.84. The maximum Gasteiger partial charge on any atom is 0.250 e. The molecule has 26 heavy (non-hydrogen) atoms. The summed E-state index contributed by atoms with van der Waals surface area (Å²) in [4.78, 5) is 29.9. The van der Waals surface area contributed by atoms with Crippen molar-refractivity contribution in [1.82, 2.24) is 15.2 Å². The van der Waals surface area contributed by atoms with Crippen LogP contribution in [0.1, 0.15) is 44.9 Å². The second-order valence-corrected chi connectivity index (χ2v) is 7.14. The molecule has 0 spiro atoms. The van der Waals surface area contributed by atoms with Gasteiger partial charge in [0, 0.05) is 19.2 Å². The number of halogens is 1. The van der Waals surface area contributed by atoms with Gasteiger partial charge in [0.2, 0.25) is 11.8 Å². The Morgan fingerprint density at radius 3 is 2.85 bits per heavy atom. The predicted molar refractivity (Wildman–Crippen MR) is 94.0 cm³/mol. The van der Waals surface area contributed by atoms with Crippen molar-refractivity contribution in [2.75, 3.05) is 19.6 Å². The number of nitrogens with one attached hydrogen (secondary N) is 1. The normalized spacial score (nSPS) is 20.8. The van der Waals surface area contributed by atoms with Gasteiger partial charge in [0.1, 0.15) is 6.10 Å². The van der Waals surface area contributed by atoms with Crippen LogP contribution >= 0.6 is 0 Å². The van der Waals surface area contributed by atoms with Gasteiger partial charge in [-0.2, -0.15) is 0 Å². The molecule has 1 N–H and O–H groups in total. The SMILES string of the molecule is O=C(CC1CCCC1)NCC(=O)N1CCCC(Oc2ncccc2F)C1. The van der Waals surface area contributed by atoms with Crippen LogP contribution in [0.5, 0.6) is 5.88 Å². The molecule has 6 nitrogen and oxygen atoms in total. The number of carbonyl (C=O) groups is 2. The number of amides is 2. The third-order valence-corrected chi connectivity index (χ3v) is 5.12. The number of carbonyl (C=O) groups excluding carboxylic acids is 2. The molecule has 2 amide bonds. The van der Waals surface area contributed by atoms with Crippen molar-refractivity contribution < 1.29 is 18.7 Å². The molecule has 0 bridgehead atoms. The number of pyridine rings is 1. The summed E-state index contributed by atoms with van der Waals surface area (Å²) in [6.45, 7) is 1.02. The summed E-state index contributed by atoms with van der Waals surface area (Å²) in [5.74, 6) is -0.247. The van der Waals surface area contributed by atoms with Crippen LogP contribution in [0.3, 0.4) is 0 Å². The monoisotopic (exact) mass is 363 g/mol. The van der Waals surface area contributed by atoms with Gasteiger partial charge in [0.05, 0.1) is 13.1 Å². The fraction of sp³-hybridized carbons (Fsp3) is 0.632. The third-order valence-electron chi connectivity index (χ3n) is 5.12. The van der Waals surface area contributed by atoms with Crippen molar-refractivity contribution in [2.45, 2.75) is 51.0 Å². The molecule has 1 saturated carbocycles. The third kappa shape index (κ3) is 5.16. The van der Waals surface area contributed by atoms with Crippen LogP contribution in [-0.2, 0) is 9.59 Å². The van der Waals surface area contributed by atoms with Gasteiger partial charge in [-0.3, -0.25) is 9.59 Å². The van der Waals surface area contributed by atoms with Crippen LogP contribution < -0.4 is 10.1 Å². The zero-order chi connectivity index (χ0) is 18.4. The minimum atomic E-state index is -0.505. The highest BCUT2D eigenvalue weighted by Gasteiger charge is 2.26. The maximum absolute atomic E-state index is 13.7. The Hall–Kier alpha value is -2.18. The van der Waals surface area contributed by atoms with Gasteiger partial charge in [0.25, 0.3) is 5.88 Å². The van der Waals surface area contributed by atoms with Crippen molar-refractivity contribution in [1.29, 1.82) is 0 Å². The Balaban J connectivity index is 1.43. The van der Waals surface area contributed by atoms with E-state index in [4.69, 9.17) is 4.74 Å². The van der Waals surface area contributed by atoms with Gasteiger partial charge in [0.15, 0.2) is 5.82 Å². The Kier molecular flexibility index (Phi) is 6.41. The number of hydrogen-bond donors (Lipinski definition) is 1. The summed E-state index contributed by atoms with van der Waals surface area (Å²) in [6, 6.07) is 2.81. The molecular formula is C19H26FN3O3. The largest absolute Gasteiger partial charge is 0.470 e. The van der Waals surface area contributed by atoms with Gasteiger partial charge in [-0.25, -0.2) is 9.37 Å². The van der Waals surface area contributed by atoms with E-state index in [0.29, 0.717) is 25.4 Å². The highest BCUT2D eigenvalue weighted by atomic mass is 19.1. The summed E-state index contributed by atoms with van der Waals surface area (Å²) in [6.07, 6.45) is 7.83. The first-order chi connectivity index (χ1) is 12.6. The lowest BCUT2D eigenvalue weighted by Crippen LogP contribution is -2.48. The van der Waals surface area contributed by atoms with Gasteiger partial charge < -0.3 is 15.0 Å². The van der Waals surface area contributed by atoms with Gasteiger partial charge >= 0.3 is 0 Å². The van der Waals surface area contributed by atoms with Crippen LogP contribution in [0.25, 0.3) is 0 Å². The summed E-state index contributed by atoms with van der Waals surface area (Å²) in [5.41, 5.74) is 0. The predicted octanol–water partition coefficient (Wildman–Crippen LogP) is 2.29. The number of nitrogens with zero attached hydrogens (tertiary/aromatic N) is 2. The number of rotatable bonds is 6. The molecule has 142 valence electrons. The van der Waals surface area contributed by atoms with Crippen molar-refractivity contribution in [2.24, 2.45) is 5.92 Å². The maximum atomic E-state index is 13.7. The lowest BCUT2D eigenvalue weighted by molar-refractivity contribution is -0.135. The molecule has 2 fully saturated rings. The molecule has 1 aliphatic heterocycles. The Morgan fingerprint density at radius 1 is 1.27 bits per heavy atom. The lowest BCUT2D eigenvalue weighted by Gasteiger charge is -2.32. The van der Waals surface area contributed by atoms with Crippen LogP contribution in [0.4, 0.5) is 4.39 Å². The first-order valence-electron chi connectivity index (χ1n) is 9.43. The highest BCUT2D eigenvalue weighted by Crippen LogP contribution is 2.27. The minimum absolute atomic E-state index is 0.0101. The molecule has 1 saturated heterocycles. The molecule has 7 heteroatoms. The summed E-state index contributed by atoms with van der Waals surface area (Å²) in [7, 11) is 0. The van der Waals surface area contributed by atoms with Crippen molar-refractivity contribution in [3.8, 4) is 5.88 Å². The minimum Gasteiger partial charge on any atom is -0.470 e. The van der Waals surface area contributed by atoms with E-state index in [1.165, 1.54) is 31.2 Å². The van der Waals surface area contributed by atoms with Crippen molar-refractivity contribution >= 4 is 11.8 Å². The Labute approximate surface area is 153 Å². The first-order valence-corrected chi connectivity index (χ1v) is 9.43. The summed E-state index contributed by atoms with van der Waals surface area (Å²) >= 11 is 0. The molecule has 3 rings (SSSR count). The van der Waals surface area contributed by atoms with E-state index in [2.05, 4.69) is 10.3 Å². The second-order valence-electron chi connectivity index (χ2n) is 7.14. The fourth-order valence-electron chi connectivity index (χ4n) is 3.71. The quantitative estimate of drug-likeness (QED) is 0.842. The Bertz CT molecular complexity index is 634. The molecule has 2 aliphatic rings. The van der Waals surface area contributed by atoms with Crippen molar-refractivity contribution in [3.05, 3.63) is 24.1 Å². The lowest BCUT2D eigenvalue weighted by atomic mass is 10.0. The van der Waals surface area contributed by atoms with Crippen LogP contribution in [0.2, 0.25) is 0 Å². The van der Waals surface area contributed by atoms with Gasteiger partial charge in [-0.1, -0.05) is 12.8 Å². The molecule has 1 aromatic heterocycles. The van der Waals surface area contributed by atoms with E-state index in [1.807, 2.05) is 0 Å². The molecule has 1 atom stereocenters. The molecule has 1 aliphatic carbocycles. The van der Waals surface area contributed by atoms with E-state index in [-0.39, 0.29) is 30.3 Å². The number of piperidine rings is 1. The van der Waals surface area contributed by atoms with E-state index in [0.717, 1.165) is 25.7 Å². The molecule has 0 aromatic carbocycles. The zero-order valence-electron chi connectivity index (χ0n) is 15.0. The molecule has 0 radical (unpaired) electrons. The van der Waals surface area contributed by atoms with E-state index in [1.54, 1.807) is 4.90 Å². The average molecular weight is 363 g/mol. The average Bonchev–Trinajstić information content (AvgIpc) is 3.15. The van der Waals surface area contributed by atoms with Crippen LogP contribution in [-0.4, -0.2) is 47.4 Å².